The van der Waals surface area contributed by atoms with Crippen LogP contribution >= 0.6 is 0 Å². The Morgan fingerprint density at radius 3 is 2.69 bits per heavy atom. The summed E-state index contributed by atoms with van der Waals surface area (Å²) in [4.78, 5) is 12.0. The number of allylic oxidation sites excluding steroid dienone is 1. The highest BCUT2D eigenvalue weighted by atomic mass is 16.5. The number of aliphatic hydroxyl groups is 3. The van der Waals surface area contributed by atoms with Crippen molar-refractivity contribution in [3.8, 4) is 0 Å². The first-order valence-electron chi connectivity index (χ1n) is 8.54. The summed E-state index contributed by atoms with van der Waals surface area (Å²) >= 11 is 0. The number of hydrogen-bond acceptors (Lipinski definition) is 7. The van der Waals surface area contributed by atoms with E-state index >= 15 is 0 Å². The van der Waals surface area contributed by atoms with Crippen LogP contribution in [0.2, 0.25) is 0 Å². The molecule has 5 atom stereocenters. The normalized spacial score (nSPS) is 29.3. The highest BCUT2D eigenvalue weighted by Crippen LogP contribution is 2.26. The molecule has 5 unspecified atom stereocenters. The highest BCUT2D eigenvalue weighted by Gasteiger charge is 2.42. The van der Waals surface area contributed by atoms with Crippen LogP contribution in [0.1, 0.15) is 19.4 Å². The summed E-state index contributed by atoms with van der Waals surface area (Å²) in [6.45, 7) is 3.20. The number of hydrogen-bond donors (Lipinski definition) is 4. The zero-order valence-electron chi connectivity index (χ0n) is 14.6. The minimum Gasteiger partial charge on any atom is -0.422 e. The number of nitrogens with one attached hydrogen (secondary N) is 1. The molecule has 2 aromatic rings. The average Bonchev–Trinajstić information content (AvgIpc) is 2.62. The Hall–Kier alpha value is -2.19. The summed E-state index contributed by atoms with van der Waals surface area (Å²) in [5.74, 6) is 0. The van der Waals surface area contributed by atoms with E-state index < -0.39 is 36.1 Å². The molecule has 0 bridgehead atoms. The van der Waals surface area contributed by atoms with Crippen LogP contribution in [-0.4, -0.2) is 52.4 Å². The maximum Gasteiger partial charge on any atom is 0.343 e. The smallest absolute Gasteiger partial charge is 0.343 e. The number of ether oxygens (including phenoxy) is 1. The Morgan fingerprint density at radius 1 is 1.23 bits per heavy atom. The van der Waals surface area contributed by atoms with E-state index in [-0.39, 0.29) is 6.61 Å². The minimum atomic E-state index is -1.20. The number of aliphatic hydroxyl groups excluding tert-OH is 3. The SMILES string of the molecule is C/C=C/c1cc2ccc(NC3C(C)OC(CO)C(O)C3O)cc2oc1=O. The van der Waals surface area contributed by atoms with Crippen molar-refractivity contribution in [3.63, 3.8) is 0 Å². The van der Waals surface area contributed by atoms with Crippen molar-refractivity contribution < 1.29 is 24.5 Å². The van der Waals surface area contributed by atoms with Crippen molar-refractivity contribution in [2.24, 2.45) is 0 Å². The molecule has 3 rings (SSSR count). The quantitative estimate of drug-likeness (QED) is 0.604. The first-order valence-corrected chi connectivity index (χ1v) is 8.54. The molecule has 1 fully saturated rings. The van der Waals surface area contributed by atoms with Crippen LogP contribution in [0.3, 0.4) is 0 Å². The van der Waals surface area contributed by atoms with Gasteiger partial charge in [-0.25, -0.2) is 4.79 Å². The van der Waals surface area contributed by atoms with Crippen molar-refractivity contribution in [3.05, 3.63) is 46.3 Å². The van der Waals surface area contributed by atoms with Gasteiger partial charge in [0.1, 0.15) is 23.9 Å². The molecule has 0 spiro atoms. The summed E-state index contributed by atoms with van der Waals surface area (Å²) in [5, 5.41) is 33.5. The molecular formula is C19H23NO6. The third-order valence-corrected chi connectivity index (χ3v) is 4.62. The van der Waals surface area contributed by atoms with Crippen LogP contribution in [0.25, 0.3) is 17.0 Å². The van der Waals surface area contributed by atoms with Gasteiger partial charge in [-0.05, 0) is 32.0 Å². The summed E-state index contributed by atoms with van der Waals surface area (Å²) < 4.78 is 10.9. The summed E-state index contributed by atoms with van der Waals surface area (Å²) in [6.07, 6.45) is -0.118. The van der Waals surface area contributed by atoms with Crippen LogP contribution < -0.4 is 10.9 Å². The largest absolute Gasteiger partial charge is 0.422 e. The van der Waals surface area contributed by atoms with Gasteiger partial charge in [0, 0.05) is 17.1 Å². The molecule has 4 N–H and O–H groups in total. The molecule has 1 aromatic carbocycles. The van der Waals surface area contributed by atoms with Crippen LogP contribution in [0.5, 0.6) is 0 Å². The first-order chi connectivity index (χ1) is 12.4. The van der Waals surface area contributed by atoms with E-state index in [0.717, 1.165) is 5.39 Å². The number of fused-ring (bicyclic) bond motifs is 1. The van der Waals surface area contributed by atoms with Gasteiger partial charge in [-0.3, -0.25) is 0 Å². The molecule has 1 aromatic heterocycles. The fraction of sp³-hybridized carbons (Fsp3) is 0.421. The lowest BCUT2D eigenvalue weighted by Gasteiger charge is -2.41. The molecule has 0 radical (unpaired) electrons. The fourth-order valence-corrected chi connectivity index (χ4v) is 3.21. The Balaban J connectivity index is 1.87. The Bertz CT molecular complexity index is 861. The molecule has 0 aliphatic carbocycles. The Labute approximate surface area is 150 Å². The molecule has 1 aliphatic heterocycles. The van der Waals surface area contributed by atoms with E-state index in [4.69, 9.17) is 9.15 Å². The fourth-order valence-electron chi connectivity index (χ4n) is 3.21. The van der Waals surface area contributed by atoms with Crippen LogP contribution in [0.15, 0.2) is 39.6 Å². The molecule has 26 heavy (non-hydrogen) atoms. The van der Waals surface area contributed by atoms with E-state index in [1.54, 1.807) is 43.3 Å². The second-order valence-electron chi connectivity index (χ2n) is 6.46. The van der Waals surface area contributed by atoms with Gasteiger partial charge in [-0.15, -0.1) is 0 Å². The van der Waals surface area contributed by atoms with Crippen LogP contribution in [-0.2, 0) is 4.74 Å². The standard InChI is InChI=1S/C19H23NO6/c1-3-4-12-7-11-5-6-13(8-14(11)26-19(12)24)20-16-10(2)25-15(9-21)17(22)18(16)23/h3-8,10,15-18,20-23H,9H2,1-2H3/b4-3+. The van der Waals surface area contributed by atoms with Crippen LogP contribution in [0, 0.1) is 0 Å². The molecule has 1 aliphatic rings. The molecule has 2 heterocycles. The zero-order chi connectivity index (χ0) is 18.8. The minimum absolute atomic E-state index is 0.370. The number of rotatable bonds is 4. The molecule has 0 amide bonds. The van der Waals surface area contributed by atoms with Gasteiger partial charge in [0.25, 0.3) is 0 Å². The summed E-state index contributed by atoms with van der Waals surface area (Å²) in [7, 11) is 0. The number of benzene rings is 1. The summed E-state index contributed by atoms with van der Waals surface area (Å²) in [5.41, 5.74) is 1.08. The van der Waals surface area contributed by atoms with E-state index in [2.05, 4.69) is 5.32 Å². The molecule has 140 valence electrons. The molecule has 0 saturated carbocycles. The third-order valence-electron chi connectivity index (χ3n) is 4.62. The Kier molecular flexibility index (Phi) is 5.43. The molecular weight excluding hydrogens is 338 g/mol. The van der Waals surface area contributed by atoms with Gasteiger partial charge in [-0.2, -0.15) is 0 Å². The van der Waals surface area contributed by atoms with Crippen molar-refractivity contribution in [2.45, 2.75) is 44.3 Å². The summed E-state index contributed by atoms with van der Waals surface area (Å²) in [6, 6.07) is 6.44. The second-order valence-corrected chi connectivity index (χ2v) is 6.46. The van der Waals surface area contributed by atoms with Gasteiger partial charge < -0.3 is 29.8 Å². The zero-order valence-corrected chi connectivity index (χ0v) is 14.6. The monoisotopic (exact) mass is 361 g/mol. The topological polar surface area (TPSA) is 112 Å². The first kappa shape index (κ1) is 18.6. The van der Waals surface area contributed by atoms with E-state index in [0.29, 0.717) is 16.8 Å². The lowest BCUT2D eigenvalue weighted by molar-refractivity contribution is -0.180. The average molecular weight is 361 g/mol. The van der Waals surface area contributed by atoms with E-state index in [1.807, 2.05) is 6.92 Å². The van der Waals surface area contributed by atoms with Crippen LogP contribution in [0.4, 0.5) is 5.69 Å². The van der Waals surface area contributed by atoms with Gasteiger partial charge >= 0.3 is 5.63 Å². The van der Waals surface area contributed by atoms with E-state index in [1.165, 1.54) is 0 Å². The highest BCUT2D eigenvalue weighted by molar-refractivity contribution is 5.82. The lowest BCUT2D eigenvalue weighted by atomic mass is 9.93. The molecule has 7 nitrogen and oxygen atoms in total. The predicted octanol–water partition coefficient (Wildman–Crippen LogP) is 1.11. The van der Waals surface area contributed by atoms with Crippen molar-refractivity contribution in [1.29, 1.82) is 0 Å². The Morgan fingerprint density at radius 2 is 2.00 bits per heavy atom. The van der Waals surface area contributed by atoms with Gasteiger partial charge in [0.2, 0.25) is 0 Å². The predicted molar refractivity (Wildman–Crippen MR) is 98.0 cm³/mol. The third kappa shape index (κ3) is 3.52. The van der Waals surface area contributed by atoms with Crippen molar-refractivity contribution in [2.75, 3.05) is 11.9 Å². The lowest BCUT2D eigenvalue weighted by Crippen LogP contribution is -2.60. The van der Waals surface area contributed by atoms with Gasteiger partial charge in [0.15, 0.2) is 0 Å². The number of anilines is 1. The molecule has 7 heteroatoms. The van der Waals surface area contributed by atoms with Crippen molar-refractivity contribution in [1.82, 2.24) is 0 Å². The van der Waals surface area contributed by atoms with Crippen molar-refractivity contribution >= 4 is 22.7 Å². The molecule has 1 saturated heterocycles. The maximum atomic E-state index is 12.0. The van der Waals surface area contributed by atoms with Gasteiger partial charge in [0.05, 0.1) is 24.3 Å². The second kappa shape index (κ2) is 7.59. The van der Waals surface area contributed by atoms with E-state index in [9.17, 15) is 20.1 Å². The van der Waals surface area contributed by atoms with Gasteiger partial charge in [-0.1, -0.05) is 12.2 Å². The maximum absolute atomic E-state index is 12.0.